The van der Waals surface area contributed by atoms with Crippen molar-refractivity contribution in [3.05, 3.63) is 100 Å². The standard InChI is InChI=1S/C28H22ClN9O4/c1-15-3-2-4-23(16-7-8-30-20(9-16)26-21(12-32-35-26)33-27(15)40)37-14-31-19(11-25(37)39)18-10-17(29)5-6-24(18)38-13-22(28(41)42)34-36-38/h5-14,23H,1-4H2,(H,32,35)(H,33,40)(H,41,42)/t23-/m0/s1. The summed E-state index contributed by atoms with van der Waals surface area (Å²) >= 11 is 6.28. The first-order valence-electron chi connectivity index (χ1n) is 12.8. The molecule has 5 heterocycles. The quantitative estimate of drug-likeness (QED) is 0.265. The lowest BCUT2D eigenvalue weighted by Gasteiger charge is -2.22. The van der Waals surface area contributed by atoms with E-state index < -0.39 is 12.0 Å². The maximum absolute atomic E-state index is 13.6. The van der Waals surface area contributed by atoms with Crippen LogP contribution in [0.1, 0.15) is 41.4 Å². The summed E-state index contributed by atoms with van der Waals surface area (Å²) < 4.78 is 2.83. The number of aromatic nitrogens is 8. The van der Waals surface area contributed by atoms with Crippen LogP contribution in [0.5, 0.6) is 0 Å². The van der Waals surface area contributed by atoms with Gasteiger partial charge in [0, 0.05) is 28.4 Å². The highest BCUT2D eigenvalue weighted by atomic mass is 35.5. The van der Waals surface area contributed by atoms with Crippen LogP contribution in [0.15, 0.2) is 78.3 Å². The van der Waals surface area contributed by atoms with Crippen LogP contribution in [0, 0.1) is 0 Å². The van der Waals surface area contributed by atoms with Crippen LogP contribution >= 0.6 is 11.6 Å². The van der Waals surface area contributed by atoms with Crippen LogP contribution in [-0.4, -0.2) is 56.7 Å². The van der Waals surface area contributed by atoms with Gasteiger partial charge in [-0.25, -0.2) is 14.5 Å². The lowest BCUT2D eigenvalue weighted by molar-refractivity contribution is -0.113. The van der Waals surface area contributed by atoms with Crippen molar-refractivity contribution in [1.29, 1.82) is 0 Å². The zero-order valence-corrected chi connectivity index (χ0v) is 22.6. The number of benzene rings is 1. The summed E-state index contributed by atoms with van der Waals surface area (Å²) in [6.45, 7) is 3.93. The summed E-state index contributed by atoms with van der Waals surface area (Å²) in [6, 6.07) is 9.54. The van der Waals surface area contributed by atoms with Crippen molar-refractivity contribution in [1.82, 2.24) is 39.7 Å². The number of fused-ring (bicyclic) bond motifs is 4. The van der Waals surface area contributed by atoms with Gasteiger partial charge in [-0.05, 0) is 55.2 Å². The fourth-order valence-electron chi connectivity index (χ4n) is 4.85. The number of rotatable bonds is 4. The molecule has 0 saturated carbocycles. The molecule has 1 aliphatic rings. The monoisotopic (exact) mass is 583 g/mol. The molecule has 14 heteroatoms. The number of nitrogens with one attached hydrogen (secondary N) is 2. The SMILES string of the molecule is C=C1CCC[C@H](n2cnc(-c3cc(Cl)ccc3-n3cc(C(=O)O)nn3)cc2=O)c2ccnc(c2)-c2[nH]ncc2NC1=O. The third-order valence-corrected chi connectivity index (χ3v) is 7.19. The molecular formula is C28H22ClN9O4. The van der Waals surface area contributed by atoms with Crippen LogP contribution in [0.2, 0.25) is 5.02 Å². The number of carboxylic acid groups (broad SMARTS) is 1. The van der Waals surface area contributed by atoms with Gasteiger partial charge in [0.25, 0.3) is 11.5 Å². The van der Waals surface area contributed by atoms with Gasteiger partial charge in [0.15, 0.2) is 5.69 Å². The Morgan fingerprint density at radius 1 is 1.12 bits per heavy atom. The van der Waals surface area contributed by atoms with E-state index in [0.717, 1.165) is 5.56 Å². The first kappa shape index (κ1) is 26.8. The van der Waals surface area contributed by atoms with Crippen LogP contribution in [0.4, 0.5) is 5.69 Å². The molecular weight excluding hydrogens is 562 g/mol. The molecule has 0 spiro atoms. The van der Waals surface area contributed by atoms with Crippen molar-refractivity contribution in [2.75, 3.05) is 5.32 Å². The Morgan fingerprint density at radius 2 is 1.98 bits per heavy atom. The van der Waals surface area contributed by atoms with Gasteiger partial charge in [-0.1, -0.05) is 23.4 Å². The molecule has 5 aromatic rings. The van der Waals surface area contributed by atoms with E-state index in [-0.39, 0.29) is 17.2 Å². The van der Waals surface area contributed by atoms with E-state index in [4.69, 9.17) is 11.6 Å². The molecule has 1 atom stereocenters. The smallest absolute Gasteiger partial charge is 0.358 e. The summed E-state index contributed by atoms with van der Waals surface area (Å²) in [4.78, 5) is 46.7. The molecule has 4 aromatic heterocycles. The van der Waals surface area contributed by atoms with E-state index in [0.29, 0.717) is 63.9 Å². The zero-order chi connectivity index (χ0) is 29.4. The van der Waals surface area contributed by atoms with Crippen molar-refractivity contribution in [2.45, 2.75) is 25.3 Å². The second-order valence-electron chi connectivity index (χ2n) is 9.63. The Hall–Kier alpha value is -5.43. The van der Waals surface area contributed by atoms with Crippen molar-refractivity contribution in [3.63, 3.8) is 0 Å². The van der Waals surface area contributed by atoms with Crippen molar-refractivity contribution >= 4 is 29.2 Å². The Kier molecular flexibility index (Phi) is 6.92. The molecule has 0 unspecified atom stereocenters. The average molecular weight is 584 g/mol. The Balaban J connectivity index is 1.42. The molecule has 2 bridgehead atoms. The minimum absolute atomic E-state index is 0.235. The van der Waals surface area contributed by atoms with E-state index in [2.05, 4.69) is 42.4 Å². The molecule has 42 heavy (non-hydrogen) atoms. The first-order valence-corrected chi connectivity index (χ1v) is 13.2. The van der Waals surface area contributed by atoms with Gasteiger partial charge < -0.3 is 10.4 Å². The van der Waals surface area contributed by atoms with Gasteiger partial charge in [-0.2, -0.15) is 5.10 Å². The third-order valence-electron chi connectivity index (χ3n) is 6.96. The number of pyridine rings is 1. The highest BCUT2D eigenvalue weighted by Crippen LogP contribution is 2.32. The van der Waals surface area contributed by atoms with E-state index in [1.165, 1.54) is 34.0 Å². The number of H-pyrrole nitrogens is 1. The van der Waals surface area contributed by atoms with Gasteiger partial charge >= 0.3 is 5.97 Å². The minimum atomic E-state index is -1.22. The van der Waals surface area contributed by atoms with E-state index in [9.17, 15) is 19.5 Å². The highest BCUT2D eigenvalue weighted by molar-refractivity contribution is 6.31. The summed E-state index contributed by atoms with van der Waals surface area (Å²) in [5.41, 5.74) is 3.45. The molecule has 0 fully saturated rings. The normalized spacial score (nSPS) is 15.3. The summed E-state index contributed by atoms with van der Waals surface area (Å²) in [7, 11) is 0. The fraction of sp³-hybridized carbons (Fsp3) is 0.143. The topological polar surface area (TPSA) is 174 Å². The number of aromatic carboxylic acids is 1. The molecule has 3 N–H and O–H groups in total. The number of aromatic amines is 1. The molecule has 0 aliphatic carbocycles. The molecule has 1 aromatic carbocycles. The lowest BCUT2D eigenvalue weighted by Crippen LogP contribution is -2.26. The number of carbonyl (C=O) groups excluding carboxylic acids is 1. The molecule has 1 amide bonds. The van der Waals surface area contributed by atoms with Crippen LogP contribution in [0.3, 0.4) is 0 Å². The number of carbonyl (C=O) groups is 2. The maximum Gasteiger partial charge on any atom is 0.358 e. The third kappa shape index (κ3) is 5.08. The number of anilines is 1. The molecule has 6 rings (SSSR count). The predicted molar refractivity (Wildman–Crippen MR) is 152 cm³/mol. The second-order valence-corrected chi connectivity index (χ2v) is 10.1. The van der Waals surface area contributed by atoms with Gasteiger partial charge in [0.2, 0.25) is 0 Å². The van der Waals surface area contributed by atoms with Gasteiger partial charge in [0.1, 0.15) is 5.69 Å². The average Bonchev–Trinajstić information content (AvgIpc) is 3.66. The Bertz CT molecular complexity index is 1930. The fourth-order valence-corrected chi connectivity index (χ4v) is 5.02. The number of hydrogen-bond donors (Lipinski definition) is 3. The first-order chi connectivity index (χ1) is 20.3. The molecule has 1 aliphatic heterocycles. The van der Waals surface area contributed by atoms with Gasteiger partial charge in [-0.15, -0.1) is 5.10 Å². The number of nitrogens with zero attached hydrogens (tertiary/aromatic N) is 7. The van der Waals surface area contributed by atoms with Gasteiger partial charge in [-0.3, -0.25) is 24.2 Å². The molecule has 0 radical (unpaired) electrons. The van der Waals surface area contributed by atoms with Crippen molar-refractivity contribution in [2.24, 2.45) is 0 Å². The van der Waals surface area contributed by atoms with Crippen LogP contribution in [0.25, 0.3) is 28.3 Å². The summed E-state index contributed by atoms with van der Waals surface area (Å²) in [5.74, 6) is -1.53. The number of carboxylic acids is 1. The number of hydrogen-bond acceptors (Lipinski definition) is 8. The lowest BCUT2D eigenvalue weighted by atomic mass is 9.97. The Morgan fingerprint density at radius 3 is 2.76 bits per heavy atom. The molecule has 0 saturated heterocycles. The maximum atomic E-state index is 13.6. The second kappa shape index (κ2) is 10.9. The van der Waals surface area contributed by atoms with E-state index in [1.54, 1.807) is 24.4 Å². The number of halogens is 1. The van der Waals surface area contributed by atoms with Crippen molar-refractivity contribution < 1.29 is 14.7 Å². The van der Waals surface area contributed by atoms with E-state index in [1.807, 2.05) is 12.1 Å². The van der Waals surface area contributed by atoms with Crippen molar-refractivity contribution in [3.8, 4) is 28.3 Å². The predicted octanol–water partition coefficient (Wildman–Crippen LogP) is 3.90. The van der Waals surface area contributed by atoms with Gasteiger partial charge in [0.05, 0.1) is 47.5 Å². The summed E-state index contributed by atoms with van der Waals surface area (Å²) in [5, 5.41) is 27.0. The molecule has 210 valence electrons. The van der Waals surface area contributed by atoms with E-state index >= 15 is 0 Å². The number of amides is 1. The van der Waals surface area contributed by atoms with Crippen LogP contribution in [-0.2, 0) is 4.79 Å². The largest absolute Gasteiger partial charge is 0.476 e. The minimum Gasteiger partial charge on any atom is -0.476 e. The molecule has 13 nitrogen and oxygen atoms in total. The zero-order valence-electron chi connectivity index (χ0n) is 21.9. The van der Waals surface area contributed by atoms with Crippen LogP contribution < -0.4 is 10.9 Å². The highest BCUT2D eigenvalue weighted by Gasteiger charge is 2.22. The Labute approximate surface area is 242 Å². The summed E-state index contributed by atoms with van der Waals surface area (Å²) in [6.07, 6.45) is 7.41.